The van der Waals surface area contributed by atoms with Crippen LogP contribution in [0.4, 0.5) is 0 Å². The predicted octanol–water partition coefficient (Wildman–Crippen LogP) is 4.52. The molecule has 4 fully saturated rings. The van der Waals surface area contributed by atoms with E-state index < -0.39 is 5.60 Å². The quantitative estimate of drug-likeness (QED) is 0.822. The Balaban J connectivity index is 1.58. The van der Waals surface area contributed by atoms with Gasteiger partial charge in [-0.3, -0.25) is 4.90 Å². The van der Waals surface area contributed by atoms with Crippen molar-refractivity contribution in [3.05, 3.63) is 35.9 Å². The molecule has 3 atom stereocenters. The largest absolute Gasteiger partial charge is 0.388 e. The molecule has 3 aliphatic carbocycles. The van der Waals surface area contributed by atoms with Gasteiger partial charge in [-0.25, -0.2) is 0 Å². The van der Waals surface area contributed by atoms with Crippen molar-refractivity contribution in [1.29, 1.82) is 0 Å². The maximum absolute atomic E-state index is 11.4. The van der Waals surface area contributed by atoms with Gasteiger partial charge < -0.3 is 5.11 Å². The Labute approximate surface area is 153 Å². The Morgan fingerprint density at radius 3 is 1.96 bits per heavy atom. The van der Waals surface area contributed by atoms with Gasteiger partial charge in [0.1, 0.15) is 0 Å². The standard InChI is InChI=1S/C23H35NO/c1-3-23(25,4-2)22(14-17-8-6-5-7-9-17)24-15-20-18-10-11-19(13-12-18)21(20)16-24/h5-9,18-22,25H,3-4,10-16H2,1-2H3/t18?,19?,20-,21+,22-/m0/s1. The molecule has 5 rings (SSSR count). The van der Waals surface area contributed by atoms with Gasteiger partial charge in [-0.15, -0.1) is 0 Å². The van der Waals surface area contributed by atoms with E-state index in [4.69, 9.17) is 0 Å². The van der Waals surface area contributed by atoms with Crippen LogP contribution in [0.1, 0.15) is 57.9 Å². The summed E-state index contributed by atoms with van der Waals surface area (Å²) in [6.07, 6.45) is 8.54. The Bertz CT molecular complexity index is 539. The molecule has 0 amide bonds. The summed E-state index contributed by atoms with van der Waals surface area (Å²) in [5.41, 5.74) is 0.799. The topological polar surface area (TPSA) is 23.5 Å². The molecule has 4 aliphatic rings. The Morgan fingerprint density at radius 1 is 0.960 bits per heavy atom. The summed E-state index contributed by atoms with van der Waals surface area (Å²) >= 11 is 0. The van der Waals surface area contributed by atoms with E-state index in [0.29, 0.717) is 0 Å². The number of aliphatic hydroxyl groups is 1. The van der Waals surface area contributed by atoms with Gasteiger partial charge in [-0.1, -0.05) is 44.2 Å². The van der Waals surface area contributed by atoms with Gasteiger partial charge in [0.15, 0.2) is 0 Å². The first kappa shape index (κ1) is 17.5. The summed E-state index contributed by atoms with van der Waals surface area (Å²) in [4.78, 5) is 2.70. The maximum Gasteiger partial charge on any atom is 0.0800 e. The van der Waals surface area contributed by atoms with E-state index >= 15 is 0 Å². The van der Waals surface area contributed by atoms with Crippen molar-refractivity contribution in [2.45, 2.75) is 70.4 Å². The number of rotatable bonds is 6. The Hall–Kier alpha value is -0.860. The van der Waals surface area contributed by atoms with Crippen LogP contribution in [0.5, 0.6) is 0 Å². The number of benzene rings is 1. The molecule has 0 aromatic heterocycles. The van der Waals surface area contributed by atoms with Gasteiger partial charge in [-0.05, 0) is 74.2 Å². The minimum absolute atomic E-state index is 0.259. The first-order valence-electron chi connectivity index (χ1n) is 10.6. The highest BCUT2D eigenvalue weighted by molar-refractivity contribution is 5.18. The van der Waals surface area contributed by atoms with Crippen molar-refractivity contribution in [3.63, 3.8) is 0 Å². The van der Waals surface area contributed by atoms with Crippen molar-refractivity contribution in [1.82, 2.24) is 4.90 Å². The summed E-state index contributed by atoms with van der Waals surface area (Å²) in [6.45, 7) is 6.78. The molecule has 0 unspecified atom stereocenters. The van der Waals surface area contributed by atoms with Gasteiger partial charge in [0, 0.05) is 19.1 Å². The van der Waals surface area contributed by atoms with Crippen LogP contribution < -0.4 is 0 Å². The molecule has 2 nitrogen and oxygen atoms in total. The number of hydrogen-bond donors (Lipinski definition) is 1. The monoisotopic (exact) mass is 341 g/mol. The number of likely N-dealkylation sites (tertiary alicyclic amines) is 1. The molecular weight excluding hydrogens is 306 g/mol. The molecule has 1 N–H and O–H groups in total. The first-order valence-corrected chi connectivity index (χ1v) is 10.6. The third-order valence-electron chi connectivity index (χ3n) is 8.03. The fraction of sp³-hybridized carbons (Fsp3) is 0.739. The highest BCUT2D eigenvalue weighted by atomic mass is 16.3. The molecule has 2 bridgehead atoms. The average Bonchev–Trinajstić information content (AvgIpc) is 3.14. The highest BCUT2D eigenvalue weighted by Gasteiger charge is 2.51. The second kappa shape index (κ2) is 7.04. The number of hydrogen-bond acceptors (Lipinski definition) is 2. The van der Waals surface area contributed by atoms with Crippen LogP contribution in [0.2, 0.25) is 0 Å². The zero-order valence-electron chi connectivity index (χ0n) is 16.0. The van der Waals surface area contributed by atoms with Crippen molar-refractivity contribution in [2.75, 3.05) is 13.1 Å². The van der Waals surface area contributed by atoms with E-state index in [1.165, 1.54) is 44.3 Å². The summed E-state index contributed by atoms with van der Waals surface area (Å²) < 4.78 is 0. The third-order valence-corrected chi connectivity index (χ3v) is 8.03. The summed E-state index contributed by atoms with van der Waals surface area (Å²) in [5, 5.41) is 11.4. The number of fused-ring (bicyclic) bond motifs is 2. The van der Waals surface area contributed by atoms with Crippen LogP contribution in [0.3, 0.4) is 0 Å². The van der Waals surface area contributed by atoms with Crippen molar-refractivity contribution in [2.24, 2.45) is 23.7 Å². The lowest BCUT2D eigenvalue weighted by Gasteiger charge is -2.45. The molecule has 1 aliphatic heterocycles. The lowest BCUT2D eigenvalue weighted by Crippen LogP contribution is -2.53. The molecule has 1 aromatic carbocycles. The normalized spacial score (nSPS) is 33.4. The fourth-order valence-electron chi connectivity index (χ4n) is 6.36. The van der Waals surface area contributed by atoms with Gasteiger partial charge in [-0.2, -0.15) is 0 Å². The van der Waals surface area contributed by atoms with Gasteiger partial charge in [0.2, 0.25) is 0 Å². The molecule has 25 heavy (non-hydrogen) atoms. The molecule has 138 valence electrons. The maximum atomic E-state index is 11.4. The Kier molecular flexibility index (Phi) is 4.94. The molecule has 1 aromatic rings. The van der Waals surface area contributed by atoms with E-state index in [0.717, 1.165) is 42.9 Å². The van der Waals surface area contributed by atoms with Crippen molar-refractivity contribution in [3.8, 4) is 0 Å². The van der Waals surface area contributed by atoms with Gasteiger partial charge >= 0.3 is 0 Å². The molecular formula is C23H35NO. The van der Waals surface area contributed by atoms with E-state index in [-0.39, 0.29) is 6.04 Å². The van der Waals surface area contributed by atoms with E-state index in [1.807, 2.05) is 0 Å². The lowest BCUT2D eigenvalue weighted by molar-refractivity contribution is -0.0492. The van der Waals surface area contributed by atoms with Crippen LogP contribution in [0.15, 0.2) is 30.3 Å². The SMILES string of the molecule is CCC(O)(CC)[C@H](Cc1ccccc1)N1C[C@@H]2C3CCC(CC3)[C@@H]2C1. The molecule has 3 saturated carbocycles. The molecule has 0 radical (unpaired) electrons. The second-order valence-corrected chi connectivity index (χ2v) is 8.97. The smallest absolute Gasteiger partial charge is 0.0800 e. The summed E-state index contributed by atoms with van der Waals surface area (Å²) in [6, 6.07) is 11.1. The van der Waals surface area contributed by atoms with Gasteiger partial charge in [0.05, 0.1) is 5.60 Å². The van der Waals surface area contributed by atoms with Crippen molar-refractivity contribution >= 4 is 0 Å². The minimum Gasteiger partial charge on any atom is -0.388 e. The van der Waals surface area contributed by atoms with Crippen LogP contribution in [-0.2, 0) is 6.42 Å². The predicted molar refractivity (Wildman–Crippen MR) is 103 cm³/mol. The molecule has 1 heterocycles. The zero-order chi connectivity index (χ0) is 17.4. The Morgan fingerprint density at radius 2 is 1.48 bits per heavy atom. The highest BCUT2D eigenvalue weighted by Crippen LogP contribution is 2.52. The second-order valence-electron chi connectivity index (χ2n) is 8.97. The lowest BCUT2D eigenvalue weighted by atomic mass is 9.60. The van der Waals surface area contributed by atoms with E-state index in [1.54, 1.807) is 0 Å². The molecule has 2 heteroatoms. The summed E-state index contributed by atoms with van der Waals surface area (Å²) in [7, 11) is 0. The van der Waals surface area contributed by atoms with Crippen LogP contribution in [0.25, 0.3) is 0 Å². The molecule has 1 saturated heterocycles. The average molecular weight is 342 g/mol. The molecule has 0 spiro atoms. The first-order chi connectivity index (χ1) is 12.1. The third kappa shape index (κ3) is 3.17. The fourth-order valence-corrected chi connectivity index (χ4v) is 6.36. The number of nitrogens with zero attached hydrogens (tertiary/aromatic N) is 1. The van der Waals surface area contributed by atoms with Crippen LogP contribution in [0, 0.1) is 23.7 Å². The van der Waals surface area contributed by atoms with Crippen molar-refractivity contribution < 1.29 is 5.11 Å². The van der Waals surface area contributed by atoms with Crippen LogP contribution >= 0.6 is 0 Å². The van der Waals surface area contributed by atoms with E-state index in [2.05, 4.69) is 49.1 Å². The van der Waals surface area contributed by atoms with Crippen LogP contribution in [-0.4, -0.2) is 34.7 Å². The van der Waals surface area contributed by atoms with Gasteiger partial charge in [0.25, 0.3) is 0 Å². The van der Waals surface area contributed by atoms with E-state index in [9.17, 15) is 5.11 Å². The summed E-state index contributed by atoms with van der Waals surface area (Å²) in [5.74, 6) is 3.75. The minimum atomic E-state index is -0.567. The zero-order valence-corrected chi connectivity index (χ0v) is 16.0.